The Bertz CT molecular complexity index is 675. The maximum absolute atomic E-state index is 11.0. The van der Waals surface area contributed by atoms with E-state index in [2.05, 4.69) is 15.1 Å². The van der Waals surface area contributed by atoms with Gasteiger partial charge in [-0.3, -0.25) is 5.10 Å². The van der Waals surface area contributed by atoms with E-state index in [1.54, 1.807) is 13.2 Å². The minimum atomic E-state index is -1.01. The molecular weight excluding hydrogens is 282 g/mol. The molecule has 22 heavy (non-hydrogen) atoms. The quantitative estimate of drug-likeness (QED) is 0.908. The van der Waals surface area contributed by atoms with Gasteiger partial charge >= 0.3 is 5.97 Å². The molecule has 0 unspecified atom stereocenters. The number of nitrogens with zero attached hydrogens (tertiary/aromatic N) is 2. The van der Waals surface area contributed by atoms with Crippen LogP contribution in [0.2, 0.25) is 0 Å². The fourth-order valence-corrected chi connectivity index (χ4v) is 2.83. The summed E-state index contributed by atoms with van der Waals surface area (Å²) in [5.41, 5.74) is 2.67. The summed E-state index contributed by atoms with van der Waals surface area (Å²) in [6.45, 7) is 2.02. The molecular formula is C16H19N3O3. The Balaban J connectivity index is 2.03. The van der Waals surface area contributed by atoms with Crippen LogP contribution in [0.4, 0.5) is 5.69 Å². The van der Waals surface area contributed by atoms with Crippen molar-refractivity contribution in [2.45, 2.75) is 19.3 Å². The third-order valence-electron chi connectivity index (χ3n) is 3.98. The van der Waals surface area contributed by atoms with Gasteiger partial charge in [-0.1, -0.05) is 0 Å². The highest BCUT2D eigenvalue weighted by Crippen LogP contribution is 2.34. The first-order valence-electron chi connectivity index (χ1n) is 7.41. The molecule has 2 aromatic rings. The van der Waals surface area contributed by atoms with Gasteiger partial charge in [0.15, 0.2) is 0 Å². The van der Waals surface area contributed by atoms with Crippen LogP contribution < -0.4 is 9.64 Å². The fourth-order valence-electron chi connectivity index (χ4n) is 2.83. The van der Waals surface area contributed by atoms with E-state index in [1.807, 2.05) is 18.2 Å². The number of carboxylic acid groups (broad SMARTS) is 1. The number of benzene rings is 1. The van der Waals surface area contributed by atoms with E-state index in [0.717, 1.165) is 30.1 Å². The number of H-pyrrole nitrogens is 1. The van der Waals surface area contributed by atoms with Gasteiger partial charge in [0.05, 0.1) is 12.8 Å². The van der Waals surface area contributed by atoms with E-state index in [1.165, 1.54) is 19.3 Å². The number of methoxy groups -OCH3 is 1. The first-order chi connectivity index (χ1) is 10.7. The molecule has 3 rings (SSSR count). The largest absolute Gasteiger partial charge is 0.497 e. The second kappa shape index (κ2) is 6.09. The SMILES string of the molecule is COc1ccc(N2CCCCC2)c(-c2cc(C(=O)O)[nH]n2)c1. The zero-order chi connectivity index (χ0) is 15.5. The molecule has 0 atom stereocenters. The molecule has 0 amide bonds. The number of hydrogen-bond donors (Lipinski definition) is 2. The molecule has 2 heterocycles. The smallest absolute Gasteiger partial charge is 0.353 e. The summed E-state index contributed by atoms with van der Waals surface area (Å²) in [6.07, 6.45) is 3.60. The standard InChI is InChI=1S/C16H19N3O3/c1-22-11-5-6-15(19-7-3-2-4-8-19)12(9-11)13-10-14(16(20)21)18-17-13/h5-6,9-10H,2-4,7-8H2,1H3,(H,17,18)(H,20,21). The number of nitrogens with one attached hydrogen (secondary N) is 1. The van der Waals surface area contributed by atoms with Gasteiger partial charge < -0.3 is 14.7 Å². The summed E-state index contributed by atoms with van der Waals surface area (Å²) < 4.78 is 5.30. The van der Waals surface area contributed by atoms with Gasteiger partial charge in [-0.15, -0.1) is 0 Å². The maximum Gasteiger partial charge on any atom is 0.353 e. The molecule has 0 bridgehead atoms. The average molecular weight is 301 g/mol. The second-order valence-corrected chi connectivity index (χ2v) is 5.40. The normalized spacial score (nSPS) is 14.9. The van der Waals surface area contributed by atoms with Crippen molar-refractivity contribution in [1.82, 2.24) is 10.2 Å². The van der Waals surface area contributed by atoms with Crippen molar-refractivity contribution in [2.75, 3.05) is 25.1 Å². The lowest BCUT2D eigenvalue weighted by molar-refractivity contribution is 0.0690. The van der Waals surface area contributed by atoms with Crippen molar-refractivity contribution in [3.8, 4) is 17.0 Å². The fraction of sp³-hybridized carbons (Fsp3) is 0.375. The third-order valence-corrected chi connectivity index (χ3v) is 3.98. The number of aromatic nitrogens is 2. The van der Waals surface area contributed by atoms with Crippen LogP contribution in [0, 0.1) is 0 Å². The molecule has 0 saturated carbocycles. The number of hydrogen-bond acceptors (Lipinski definition) is 4. The highest BCUT2D eigenvalue weighted by atomic mass is 16.5. The summed E-state index contributed by atoms with van der Waals surface area (Å²) in [5, 5.41) is 15.8. The lowest BCUT2D eigenvalue weighted by atomic mass is 10.0. The van der Waals surface area contributed by atoms with Crippen LogP contribution in [0.3, 0.4) is 0 Å². The topological polar surface area (TPSA) is 78.5 Å². The molecule has 1 aromatic heterocycles. The predicted octanol–water partition coefficient (Wildman–Crippen LogP) is 2.77. The molecule has 2 N–H and O–H groups in total. The Morgan fingerprint density at radius 1 is 1.27 bits per heavy atom. The summed E-state index contributed by atoms with van der Waals surface area (Å²) in [6, 6.07) is 7.42. The van der Waals surface area contributed by atoms with Crippen LogP contribution in [0.5, 0.6) is 5.75 Å². The van der Waals surface area contributed by atoms with Gasteiger partial charge in [-0.2, -0.15) is 5.10 Å². The first-order valence-corrected chi connectivity index (χ1v) is 7.41. The molecule has 1 aromatic carbocycles. The number of carbonyl (C=O) groups is 1. The zero-order valence-electron chi connectivity index (χ0n) is 12.5. The molecule has 1 saturated heterocycles. The zero-order valence-corrected chi connectivity index (χ0v) is 12.5. The highest BCUT2D eigenvalue weighted by molar-refractivity contribution is 5.88. The predicted molar refractivity (Wildman–Crippen MR) is 83.6 cm³/mol. The number of carboxylic acids is 1. The molecule has 1 aliphatic heterocycles. The number of aromatic carboxylic acids is 1. The molecule has 116 valence electrons. The summed E-state index contributed by atoms with van der Waals surface area (Å²) in [4.78, 5) is 13.4. The van der Waals surface area contributed by atoms with Gasteiger partial charge in [-0.25, -0.2) is 4.79 Å². The third kappa shape index (κ3) is 2.77. The van der Waals surface area contributed by atoms with Crippen molar-refractivity contribution in [3.63, 3.8) is 0 Å². The van der Waals surface area contributed by atoms with E-state index < -0.39 is 5.97 Å². The van der Waals surface area contributed by atoms with E-state index in [4.69, 9.17) is 9.84 Å². The van der Waals surface area contributed by atoms with Crippen LogP contribution in [-0.4, -0.2) is 41.5 Å². The maximum atomic E-state index is 11.0. The van der Waals surface area contributed by atoms with Gasteiger partial charge in [0, 0.05) is 24.3 Å². The number of rotatable bonds is 4. The lowest BCUT2D eigenvalue weighted by Gasteiger charge is -2.30. The van der Waals surface area contributed by atoms with Crippen LogP contribution in [0.25, 0.3) is 11.3 Å². The van der Waals surface area contributed by atoms with Crippen LogP contribution >= 0.6 is 0 Å². The van der Waals surface area contributed by atoms with E-state index >= 15 is 0 Å². The second-order valence-electron chi connectivity index (χ2n) is 5.40. The van der Waals surface area contributed by atoms with E-state index in [9.17, 15) is 4.79 Å². The van der Waals surface area contributed by atoms with E-state index in [-0.39, 0.29) is 5.69 Å². The molecule has 0 aliphatic carbocycles. The van der Waals surface area contributed by atoms with Crippen molar-refractivity contribution in [3.05, 3.63) is 30.0 Å². The summed E-state index contributed by atoms with van der Waals surface area (Å²) in [5.74, 6) is -0.281. The van der Waals surface area contributed by atoms with Gasteiger partial charge in [0.1, 0.15) is 11.4 Å². The number of piperidine rings is 1. The van der Waals surface area contributed by atoms with Gasteiger partial charge in [0.2, 0.25) is 0 Å². The Labute approximate surface area is 128 Å². The van der Waals surface area contributed by atoms with Crippen molar-refractivity contribution < 1.29 is 14.6 Å². The number of aromatic amines is 1. The van der Waals surface area contributed by atoms with Crippen LogP contribution in [0.1, 0.15) is 29.8 Å². The molecule has 6 heteroatoms. The summed E-state index contributed by atoms with van der Waals surface area (Å²) in [7, 11) is 1.62. The van der Waals surface area contributed by atoms with Crippen LogP contribution in [-0.2, 0) is 0 Å². The van der Waals surface area contributed by atoms with E-state index in [0.29, 0.717) is 5.69 Å². The van der Waals surface area contributed by atoms with Gasteiger partial charge in [-0.05, 0) is 43.5 Å². The minimum Gasteiger partial charge on any atom is -0.497 e. The first kappa shape index (κ1) is 14.4. The van der Waals surface area contributed by atoms with Crippen molar-refractivity contribution in [1.29, 1.82) is 0 Å². The van der Waals surface area contributed by atoms with Crippen LogP contribution in [0.15, 0.2) is 24.3 Å². The minimum absolute atomic E-state index is 0.0856. The molecule has 1 aliphatic rings. The molecule has 6 nitrogen and oxygen atoms in total. The van der Waals surface area contributed by atoms with Gasteiger partial charge in [0.25, 0.3) is 0 Å². The summed E-state index contributed by atoms with van der Waals surface area (Å²) >= 11 is 0. The Kier molecular flexibility index (Phi) is 4.00. The Hall–Kier alpha value is -2.50. The molecule has 1 fully saturated rings. The average Bonchev–Trinajstić information content (AvgIpc) is 3.05. The highest BCUT2D eigenvalue weighted by Gasteiger charge is 2.19. The lowest BCUT2D eigenvalue weighted by Crippen LogP contribution is -2.29. The molecule has 0 radical (unpaired) electrons. The molecule has 0 spiro atoms. The Morgan fingerprint density at radius 2 is 2.05 bits per heavy atom. The monoisotopic (exact) mass is 301 g/mol. The van der Waals surface area contributed by atoms with Crippen molar-refractivity contribution in [2.24, 2.45) is 0 Å². The Morgan fingerprint density at radius 3 is 2.68 bits per heavy atom. The number of anilines is 1. The number of ether oxygens (including phenoxy) is 1. The van der Waals surface area contributed by atoms with Crippen molar-refractivity contribution >= 4 is 11.7 Å².